The van der Waals surface area contributed by atoms with Gasteiger partial charge < -0.3 is 20.5 Å². The van der Waals surface area contributed by atoms with Crippen molar-refractivity contribution in [3.05, 3.63) is 23.8 Å². The number of nitrogen functional groups attached to an aromatic ring is 1. The second-order valence-corrected chi connectivity index (χ2v) is 4.85. The summed E-state index contributed by atoms with van der Waals surface area (Å²) in [6, 6.07) is 4.31. The standard InChI is InChI=1S/C14H18N2O4/c1-9(13(17)16-6-2-3-7-16)20-10-4-5-11(14(18)19)12(15)8-10/h4-5,8-9H,2-3,6-7,15H2,1H3,(H,18,19). The molecule has 3 N–H and O–H groups in total. The molecule has 0 saturated carbocycles. The van der Waals surface area contributed by atoms with E-state index in [9.17, 15) is 9.59 Å². The molecular formula is C14H18N2O4. The second-order valence-electron chi connectivity index (χ2n) is 4.85. The van der Waals surface area contributed by atoms with Crippen LogP contribution >= 0.6 is 0 Å². The Hall–Kier alpha value is -2.24. The van der Waals surface area contributed by atoms with Crippen LogP contribution < -0.4 is 10.5 Å². The summed E-state index contributed by atoms with van der Waals surface area (Å²) in [5, 5.41) is 8.89. The van der Waals surface area contributed by atoms with E-state index in [2.05, 4.69) is 0 Å². The third kappa shape index (κ3) is 3.01. The van der Waals surface area contributed by atoms with E-state index in [4.69, 9.17) is 15.6 Å². The predicted octanol–water partition coefficient (Wildman–Crippen LogP) is 1.36. The Kier molecular flexibility index (Phi) is 4.12. The molecule has 1 saturated heterocycles. The van der Waals surface area contributed by atoms with Crippen molar-refractivity contribution in [2.75, 3.05) is 18.8 Å². The number of carboxylic acid groups (broad SMARTS) is 1. The molecule has 108 valence electrons. The van der Waals surface area contributed by atoms with E-state index in [1.807, 2.05) is 0 Å². The maximum absolute atomic E-state index is 12.1. The molecule has 1 aromatic carbocycles. The van der Waals surface area contributed by atoms with Crippen LogP contribution in [-0.2, 0) is 4.79 Å². The van der Waals surface area contributed by atoms with Gasteiger partial charge in [-0.1, -0.05) is 0 Å². The first kappa shape index (κ1) is 14.2. The number of aromatic carboxylic acids is 1. The van der Waals surface area contributed by atoms with Crippen LogP contribution in [0.3, 0.4) is 0 Å². The summed E-state index contributed by atoms with van der Waals surface area (Å²) in [5.41, 5.74) is 5.79. The second kappa shape index (κ2) is 5.81. The zero-order valence-electron chi connectivity index (χ0n) is 11.3. The van der Waals surface area contributed by atoms with E-state index in [1.165, 1.54) is 18.2 Å². The number of rotatable bonds is 4. The summed E-state index contributed by atoms with van der Waals surface area (Å²) in [5.74, 6) is -0.744. The molecule has 0 aliphatic carbocycles. The van der Waals surface area contributed by atoms with Crippen molar-refractivity contribution in [1.29, 1.82) is 0 Å². The zero-order valence-corrected chi connectivity index (χ0v) is 11.3. The minimum absolute atomic E-state index is 0.0240. The van der Waals surface area contributed by atoms with Gasteiger partial charge in [-0.2, -0.15) is 0 Å². The van der Waals surface area contributed by atoms with Crippen molar-refractivity contribution in [2.24, 2.45) is 0 Å². The molecule has 6 nitrogen and oxygen atoms in total. The Morgan fingerprint density at radius 2 is 2.00 bits per heavy atom. The monoisotopic (exact) mass is 278 g/mol. The molecule has 0 spiro atoms. The van der Waals surface area contributed by atoms with Gasteiger partial charge in [0.15, 0.2) is 6.10 Å². The Balaban J connectivity index is 2.04. The molecule has 1 aliphatic rings. The molecule has 6 heteroatoms. The van der Waals surface area contributed by atoms with Crippen LogP contribution in [0.4, 0.5) is 5.69 Å². The van der Waals surface area contributed by atoms with Gasteiger partial charge in [-0.15, -0.1) is 0 Å². The fourth-order valence-corrected chi connectivity index (χ4v) is 2.26. The topological polar surface area (TPSA) is 92.9 Å². The fraction of sp³-hybridized carbons (Fsp3) is 0.429. The third-order valence-corrected chi connectivity index (χ3v) is 3.33. The number of likely N-dealkylation sites (tertiary alicyclic amines) is 1. The van der Waals surface area contributed by atoms with Gasteiger partial charge in [0.2, 0.25) is 0 Å². The summed E-state index contributed by atoms with van der Waals surface area (Å²) in [6.45, 7) is 3.22. The number of carbonyl (C=O) groups is 2. The van der Waals surface area contributed by atoms with E-state index in [0.717, 1.165) is 25.9 Å². The number of carbonyl (C=O) groups excluding carboxylic acids is 1. The normalized spacial score (nSPS) is 15.9. The van der Waals surface area contributed by atoms with E-state index in [0.29, 0.717) is 5.75 Å². The SMILES string of the molecule is CC(Oc1ccc(C(=O)O)c(N)c1)C(=O)N1CCCC1. The van der Waals surface area contributed by atoms with Gasteiger partial charge >= 0.3 is 5.97 Å². The highest BCUT2D eigenvalue weighted by Gasteiger charge is 2.24. The lowest BCUT2D eigenvalue weighted by atomic mass is 10.2. The molecule has 2 rings (SSSR count). The molecule has 0 radical (unpaired) electrons. The van der Waals surface area contributed by atoms with Crippen LogP contribution in [0.1, 0.15) is 30.1 Å². The number of amides is 1. The highest BCUT2D eigenvalue weighted by atomic mass is 16.5. The predicted molar refractivity (Wildman–Crippen MR) is 73.7 cm³/mol. The van der Waals surface area contributed by atoms with Crippen LogP contribution in [0.2, 0.25) is 0 Å². The quantitative estimate of drug-likeness (QED) is 0.811. The number of carboxylic acids is 1. The van der Waals surface area contributed by atoms with Gasteiger partial charge in [-0.05, 0) is 31.9 Å². The van der Waals surface area contributed by atoms with E-state index < -0.39 is 12.1 Å². The van der Waals surface area contributed by atoms with Crippen molar-refractivity contribution in [3.8, 4) is 5.75 Å². The minimum Gasteiger partial charge on any atom is -0.481 e. The Morgan fingerprint density at radius 3 is 2.55 bits per heavy atom. The summed E-state index contributed by atoms with van der Waals surface area (Å²) in [6.07, 6.45) is 1.44. The van der Waals surface area contributed by atoms with Crippen LogP contribution in [0.5, 0.6) is 5.75 Å². The molecule has 0 bridgehead atoms. The first-order valence-corrected chi connectivity index (χ1v) is 6.57. The molecule has 1 fully saturated rings. The number of hydrogen-bond donors (Lipinski definition) is 2. The lowest BCUT2D eigenvalue weighted by Gasteiger charge is -2.21. The van der Waals surface area contributed by atoms with Gasteiger partial charge in [-0.25, -0.2) is 4.79 Å². The summed E-state index contributed by atoms with van der Waals surface area (Å²) in [7, 11) is 0. The van der Waals surface area contributed by atoms with Crippen molar-refractivity contribution >= 4 is 17.6 Å². The van der Waals surface area contributed by atoms with Crippen LogP contribution in [0, 0.1) is 0 Å². The zero-order chi connectivity index (χ0) is 14.7. The summed E-state index contributed by atoms with van der Waals surface area (Å²) in [4.78, 5) is 24.7. The van der Waals surface area contributed by atoms with Crippen molar-refractivity contribution in [1.82, 2.24) is 4.90 Å². The minimum atomic E-state index is -1.09. The van der Waals surface area contributed by atoms with Crippen molar-refractivity contribution in [2.45, 2.75) is 25.9 Å². The average molecular weight is 278 g/mol. The largest absolute Gasteiger partial charge is 0.481 e. The molecule has 1 unspecified atom stereocenters. The highest BCUT2D eigenvalue weighted by molar-refractivity contribution is 5.93. The Morgan fingerprint density at radius 1 is 1.35 bits per heavy atom. The summed E-state index contributed by atoms with van der Waals surface area (Å²) >= 11 is 0. The first-order chi connectivity index (χ1) is 9.49. The maximum atomic E-state index is 12.1. The summed E-state index contributed by atoms with van der Waals surface area (Å²) < 4.78 is 5.54. The molecular weight excluding hydrogens is 260 g/mol. The average Bonchev–Trinajstić information content (AvgIpc) is 2.91. The number of ether oxygens (including phenoxy) is 1. The van der Waals surface area contributed by atoms with Crippen LogP contribution in [0.25, 0.3) is 0 Å². The van der Waals surface area contributed by atoms with Gasteiger partial charge in [0.05, 0.1) is 5.56 Å². The molecule has 1 aliphatic heterocycles. The maximum Gasteiger partial charge on any atom is 0.337 e. The Labute approximate surface area is 117 Å². The van der Waals surface area contributed by atoms with Gasteiger partial charge in [0.25, 0.3) is 5.91 Å². The smallest absolute Gasteiger partial charge is 0.337 e. The lowest BCUT2D eigenvalue weighted by Crippen LogP contribution is -2.38. The number of anilines is 1. The Bertz CT molecular complexity index is 524. The molecule has 1 atom stereocenters. The molecule has 20 heavy (non-hydrogen) atoms. The first-order valence-electron chi connectivity index (χ1n) is 6.57. The van der Waals surface area contributed by atoms with Gasteiger partial charge in [-0.3, -0.25) is 4.79 Å². The molecule has 1 amide bonds. The van der Waals surface area contributed by atoms with E-state index >= 15 is 0 Å². The number of nitrogens with zero attached hydrogens (tertiary/aromatic N) is 1. The number of hydrogen-bond acceptors (Lipinski definition) is 4. The van der Waals surface area contributed by atoms with E-state index in [1.54, 1.807) is 11.8 Å². The number of nitrogens with two attached hydrogens (primary N) is 1. The fourth-order valence-electron chi connectivity index (χ4n) is 2.26. The van der Waals surface area contributed by atoms with Crippen LogP contribution in [-0.4, -0.2) is 41.1 Å². The van der Waals surface area contributed by atoms with Gasteiger partial charge in [0, 0.05) is 24.8 Å². The van der Waals surface area contributed by atoms with Gasteiger partial charge in [0.1, 0.15) is 5.75 Å². The van der Waals surface area contributed by atoms with E-state index in [-0.39, 0.29) is 17.2 Å². The van der Waals surface area contributed by atoms with Crippen molar-refractivity contribution in [3.63, 3.8) is 0 Å². The molecule has 1 aromatic rings. The molecule has 0 aromatic heterocycles. The molecule has 1 heterocycles. The lowest BCUT2D eigenvalue weighted by molar-refractivity contribution is -0.136. The third-order valence-electron chi connectivity index (χ3n) is 3.33. The number of benzene rings is 1. The highest BCUT2D eigenvalue weighted by Crippen LogP contribution is 2.21. The van der Waals surface area contributed by atoms with Crippen molar-refractivity contribution < 1.29 is 19.4 Å². The van der Waals surface area contributed by atoms with Crippen LogP contribution in [0.15, 0.2) is 18.2 Å².